The Bertz CT molecular complexity index is 1120. The number of rotatable bonds is 4. The molecule has 3 aromatic rings. The van der Waals surface area contributed by atoms with E-state index in [0.717, 1.165) is 41.3 Å². The van der Waals surface area contributed by atoms with E-state index < -0.39 is 0 Å². The number of nitrogens with one attached hydrogen (secondary N) is 1. The van der Waals surface area contributed by atoms with Gasteiger partial charge in [0.15, 0.2) is 11.6 Å². The van der Waals surface area contributed by atoms with E-state index in [0.29, 0.717) is 19.1 Å². The summed E-state index contributed by atoms with van der Waals surface area (Å²) in [5.74, 6) is 1.87. The molecule has 6 nitrogen and oxygen atoms in total. The van der Waals surface area contributed by atoms with Crippen LogP contribution in [-0.2, 0) is 5.41 Å². The normalized spacial score (nSPS) is 17.0. The van der Waals surface area contributed by atoms with Gasteiger partial charge in [-0.2, -0.15) is 0 Å². The van der Waals surface area contributed by atoms with E-state index >= 15 is 0 Å². The molecule has 5 rings (SSSR count). The van der Waals surface area contributed by atoms with Crippen LogP contribution in [0.5, 0.6) is 0 Å². The highest BCUT2D eigenvalue weighted by atomic mass is 16.2. The van der Waals surface area contributed by atoms with Crippen molar-refractivity contribution in [3.8, 4) is 0 Å². The molecule has 6 heteroatoms. The Labute approximate surface area is 189 Å². The molecule has 1 aromatic heterocycles. The third kappa shape index (κ3) is 4.27. The van der Waals surface area contributed by atoms with Crippen molar-refractivity contribution in [1.82, 2.24) is 14.9 Å². The number of piperazine rings is 1. The van der Waals surface area contributed by atoms with Crippen molar-refractivity contribution in [2.45, 2.75) is 45.1 Å². The molecule has 1 N–H and O–H groups in total. The maximum atomic E-state index is 13.1. The van der Waals surface area contributed by atoms with Crippen molar-refractivity contribution in [1.29, 1.82) is 0 Å². The molecule has 0 atom stereocenters. The quantitative estimate of drug-likeness (QED) is 0.663. The first kappa shape index (κ1) is 20.7. The predicted octanol–water partition coefficient (Wildman–Crippen LogP) is 4.46. The summed E-state index contributed by atoms with van der Waals surface area (Å²) in [6.07, 6.45) is 2.37. The van der Waals surface area contributed by atoms with Crippen LogP contribution in [0.15, 0.2) is 48.5 Å². The Kier molecular flexibility index (Phi) is 5.24. The van der Waals surface area contributed by atoms with Crippen LogP contribution in [0.25, 0.3) is 11.0 Å². The molecule has 0 bridgehead atoms. The van der Waals surface area contributed by atoms with Crippen LogP contribution in [-0.4, -0.2) is 53.0 Å². The van der Waals surface area contributed by atoms with E-state index in [1.807, 2.05) is 41.3 Å². The van der Waals surface area contributed by atoms with Crippen molar-refractivity contribution in [2.24, 2.45) is 0 Å². The first-order chi connectivity index (χ1) is 15.4. The van der Waals surface area contributed by atoms with E-state index in [9.17, 15) is 4.79 Å². The molecule has 1 aliphatic carbocycles. The van der Waals surface area contributed by atoms with Crippen LogP contribution >= 0.6 is 0 Å². The number of hydrogen-bond acceptors (Lipinski definition) is 5. The molecule has 1 amide bonds. The Hall–Kier alpha value is -3.15. The minimum Gasteiger partial charge on any atom is -0.364 e. The summed E-state index contributed by atoms with van der Waals surface area (Å²) in [5, 5.41) is 3.56. The van der Waals surface area contributed by atoms with Crippen LogP contribution in [0.2, 0.25) is 0 Å². The van der Waals surface area contributed by atoms with Gasteiger partial charge < -0.3 is 15.1 Å². The first-order valence-corrected chi connectivity index (χ1v) is 11.6. The lowest BCUT2D eigenvalue weighted by Gasteiger charge is -2.36. The number of aromatic nitrogens is 2. The highest BCUT2D eigenvalue weighted by Crippen LogP contribution is 2.31. The van der Waals surface area contributed by atoms with E-state index in [-0.39, 0.29) is 11.3 Å². The average molecular weight is 430 g/mol. The lowest BCUT2D eigenvalue weighted by atomic mass is 9.86. The molecule has 2 heterocycles. The molecule has 1 saturated heterocycles. The molecule has 32 heavy (non-hydrogen) atoms. The van der Waals surface area contributed by atoms with Gasteiger partial charge in [0, 0.05) is 37.8 Å². The number of carbonyl (C=O) groups is 1. The number of benzene rings is 2. The largest absolute Gasteiger partial charge is 0.364 e. The zero-order chi connectivity index (χ0) is 22.3. The van der Waals surface area contributed by atoms with Crippen LogP contribution in [0.1, 0.15) is 49.5 Å². The van der Waals surface area contributed by atoms with Crippen LogP contribution in [0, 0.1) is 0 Å². The molecule has 2 aliphatic rings. The highest BCUT2D eigenvalue weighted by Gasteiger charge is 2.28. The number of nitrogens with zero attached hydrogens (tertiary/aromatic N) is 4. The topological polar surface area (TPSA) is 61.4 Å². The molecule has 0 radical (unpaired) electrons. The van der Waals surface area contributed by atoms with Gasteiger partial charge in [-0.25, -0.2) is 9.97 Å². The fourth-order valence-electron chi connectivity index (χ4n) is 4.15. The zero-order valence-electron chi connectivity index (χ0n) is 19.1. The second kappa shape index (κ2) is 8.08. The van der Waals surface area contributed by atoms with Crippen molar-refractivity contribution < 1.29 is 4.79 Å². The van der Waals surface area contributed by atoms with Gasteiger partial charge in [-0.15, -0.1) is 0 Å². The van der Waals surface area contributed by atoms with E-state index in [1.165, 1.54) is 18.4 Å². The van der Waals surface area contributed by atoms with E-state index in [4.69, 9.17) is 9.97 Å². The number of fused-ring (bicyclic) bond motifs is 1. The molecular formula is C26H31N5O. The van der Waals surface area contributed by atoms with Crippen molar-refractivity contribution in [3.05, 3.63) is 59.7 Å². The monoisotopic (exact) mass is 429 g/mol. The third-order valence-electron chi connectivity index (χ3n) is 6.33. The van der Waals surface area contributed by atoms with Gasteiger partial charge in [0.25, 0.3) is 5.91 Å². The van der Waals surface area contributed by atoms with Gasteiger partial charge in [0.1, 0.15) is 0 Å². The van der Waals surface area contributed by atoms with Crippen molar-refractivity contribution in [3.63, 3.8) is 0 Å². The van der Waals surface area contributed by atoms with E-state index in [2.05, 4.69) is 43.1 Å². The number of hydrogen-bond donors (Lipinski definition) is 1. The molecule has 1 aliphatic heterocycles. The van der Waals surface area contributed by atoms with E-state index in [1.54, 1.807) is 0 Å². The Balaban J connectivity index is 1.31. The summed E-state index contributed by atoms with van der Waals surface area (Å²) < 4.78 is 0. The SMILES string of the molecule is CC(C)(C)c1ccc(C(=O)N2CCN(c3nc4ccccc4nc3NC3CC3)CC2)cc1. The van der Waals surface area contributed by atoms with Crippen molar-refractivity contribution in [2.75, 3.05) is 36.4 Å². The molecule has 2 aromatic carbocycles. The first-order valence-electron chi connectivity index (χ1n) is 11.6. The van der Waals surface area contributed by atoms with Crippen LogP contribution in [0.3, 0.4) is 0 Å². The Morgan fingerprint density at radius 3 is 2.12 bits per heavy atom. The van der Waals surface area contributed by atoms with Gasteiger partial charge >= 0.3 is 0 Å². The number of para-hydroxylation sites is 2. The Morgan fingerprint density at radius 1 is 0.906 bits per heavy atom. The second-order valence-corrected chi connectivity index (χ2v) is 9.91. The number of amides is 1. The lowest BCUT2D eigenvalue weighted by Crippen LogP contribution is -2.49. The molecular weight excluding hydrogens is 398 g/mol. The fraction of sp³-hybridized carbons (Fsp3) is 0.423. The summed E-state index contributed by atoms with van der Waals surface area (Å²) in [6.45, 7) is 9.41. The van der Waals surface area contributed by atoms with Gasteiger partial charge in [-0.3, -0.25) is 4.79 Å². The number of carbonyl (C=O) groups excluding carboxylic acids is 1. The minimum absolute atomic E-state index is 0.0836. The maximum absolute atomic E-state index is 13.1. The molecule has 2 fully saturated rings. The van der Waals surface area contributed by atoms with Gasteiger partial charge in [0.05, 0.1) is 11.0 Å². The summed E-state index contributed by atoms with van der Waals surface area (Å²) in [5.41, 5.74) is 3.89. The average Bonchev–Trinajstić information content (AvgIpc) is 3.62. The molecule has 166 valence electrons. The molecule has 0 spiro atoms. The van der Waals surface area contributed by atoms with Gasteiger partial charge in [-0.05, 0) is 48.1 Å². The maximum Gasteiger partial charge on any atom is 0.253 e. The molecule has 1 saturated carbocycles. The fourth-order valence-corrected chi connectivity index (χ4v) is 4.15. The Morgan fingerprint density at radius 2 is 1.53 bits per heavy atom. The van der Waals surface area contributed by atoms with Gasteiger partial charge in [0.2, 0.25) is 0 Å². The second-order valence-electron chi connectivity index (χ2n) is 9.91. The minimum atomic E-state index is 0.0836. The predicted molar refractivity (Wildman–Crippen MR) is 129 cm³/mol. The summed E-state index contributed by atoms with van der Waals surface area (Å²) >= 11 is 0. The smallest absolute Gasteiger partial charge is 0.253 e. The van der Waals surface area contributed by atoms with Gasteiger partial charge in [-0.1, -0.05) is 45.0 Å². The van der Waals surface area contributed by atoms with Crippen molar-refractivity contribution >= 4 is 28.6 Å². The third-order valence-corrected chi connectivity index (χ3v) is 6.33. The molecule has 0 unspecified atom stereocenters. The summed E-state index contributed by atoms with van der Waals surface area (Å²) in [4.78, 5) is 27.1. The summed E-state index contributed by atoms with van der Waals surface area (Å²) in [7, 11) is 0. The summed E-state index contributed by atoms with van der Waals surface area (Å²) in [6, 6.07) is 16.6. The standard InChI is InChI=1S/C26H31N5O/c1-26(2,3)19-10-8-18(9-11-19)25(32)31-16-14-30(15-17-31)24-23(27-20-12-13-20)28-21-6-4-5-7-22(21)29-24/h4-11,20H,12-17H2,1-3H3,(H,27,28). The lowest BCUT2D eigenvalue weighted by molar-refractivity contribution is 0.0746. The zero-order valence-corrected chi connectivity index (χ0v) is 19.1. The highest BCUT2D eigenvalue weighted by molar-refractivity contribution is 5.94. The van der Waals surface area contributed by atoms with Crippen LogP contribution < -0.4 is 10.2 Å². The number of anilines is 2. The van der Waals surface area contributed by atoms with Crippen LogP contribution in [0.4, 0.5) is 11.6 Å².